The van der Waals surface area contributed by atoms with Gasteiger partial charge in [-0.15, -0.1) is 11.8 Å². The van der Waals surface area contributed by atoms with E-state index in [0.29, 0.717) is 31.0 Å². The molecule has 0 aliphatic carbocycles. The molecular weight excluding hydrogens is 490 g/mol. The molecule has 0 aromatic heterocycles. The van der Waals surface area contributed by atoms with Gasteiger partial charge in [0.2, 0.25) is 17.7 Å². The molecule has 8 N–H and O–H groups in total. The molecule has 14 heteroatoms. The number of aliphatic carboxylic acids is 1. The molecule has 0 saturated carbocycles. The van der Waals surface area contributed by atoms with Gasteiger partial charge in [0.1, 0.15) is 11.7 Å². The molecule has 3 amide bonds. The van der Waals surface area contributed by atoms with Crippen LogP contribution in [0.5, 0.6) is 0 Å². The first-order valence-electron chi connectivity index (χ1n) is 12.0. The number of aliphatic hydroxyl groups excluding tert-OH is 1. The van der Waals surface area contributed by atoms with Crippen LogP contribution in [0.25, 0.3) is 0 Å². The average Bonchev–Trinajstić information content (AvgIpc) is 3.31. The van der Waals surface area contributed by atoms with Crippen LogP contribution in [0.15, 0.2) is 10.6 Å². The summed E-state index contributed by atoms with van der Waals surface area (Å²) in [6.07, 6.45) is -0.340. The highest BCUT2D eigenvalue weighted by Gasteiger charge is 2.60. The maximum atomic E-state index is 12.9. The van der Waals surface area contributed by atoms with E-state index in [1.807, 2.05) is 6.92 Å². The summed E-state index contributed by atoms with van der Waals surface area (Å²) in [6, 6.07) is -1.59. The van der Waals surface area contributed by atoms with Gasteiger partial charge in [-0.05, 0) is 20.3 Å². The summed E-state index contributed by atoms with van der Waals surface area (Å²) in [5.41, 5.74) is 5.23. The Bertz CT molecular complexity index is 1010. The van der Waals surface area contributed by atoms with Crippen molar-refractivity contribution in [3.63, 3.8) is 0 Å². The summed E-state index contributed by atoms with van der Waals surface area (Å²) in [5, 5.41) is 35.5. The fourth-order valence-corrected chi connectivity index (χ4v) is 6.91. The highest BCUT2D eigenvalue weighted by Crippen LogP contribution is 2.51. The number of carboxylic acid groups (broad SMARTS) is 1. The number of nitrogens with one attached hydrogen (secondary N) is 4. The number of β-lactam (4-membered cyclic amide) rings is 1. The van der Waals surface area contributed by atoms with Gasteiger partial charge in [0.25, 0.3) is 0 Å². The number of amides is 3. The van der Waals surface area contributed by atoms with E-state index in [2.05, 4.69) is 16.0 Å². The molecule has 0 radical (unpaired) electrons. The molecule has 4 heterocycles. The second-order valence-corrected chi connectivity index (χ2v) is 11.3. The molecule has 0 bridgehead atoms. The van der Waals surface area contributed by atoms with Crippen molar-refractivity contribution in [1.29, 1.82) is 5.41 Å². The van der Waals surface area contributed by atoms with Crippen molar-refractivity contribution in [3.05, 3.63) is 10.6 Å². The van der Waals surface area contributed by atoms with Crippen molar-refractivity contribution >= 4 is 41.4 Å². The molecule has 4 aliphatic heterocycles. The predicted octanol–water partition coefficient (Wildman–Crippen LogP) is -2.20. The molecular formula is C22H33N7O6S. The summed E-state index contributed by atoms with van der Waals surface area (Å²) in [4.78, 5) is 53.1. The van der Waals surface area contributed by atoms with Crippen LogP contribution in [0, 0.1) is 17.2 Å². The minimum atomic E-state index is -1.16. The molecule has 0 spiro atoms. The molecule has 4 aliphatic rings. The number of carbonyl (C=O) groups is 4. The zero-order chi connectivity index (χ0) is 26.5. The van der Waals surface area contributed by atoms with Gasteiger partial charge < -0.3 is 41.7 Å². The standard InChI is InChI=1S/C22H33N7O6S/c1-8-15-14(10(3)30)20(33)29(15)16(21(34)35)17(8)36-12-4-13(25-5-12)19(32)28-6-11(7-28)27-18(31)9(2)26-22(23)24/h8-15,25,30H,4-7H2,1-3H3,(H,27,31)(H,34,35)(H4,23,24,26)/t8-,9-,10-,12+,13+,14-,15-/m1/s1. The van der Waals surface area contributed by atoms with E-state index in [1.165, 1.54) is 16.7 Å². The largest absolute Gasteiger partial charge is 0.477 e. The van der Waals surface area contributed by atoms with Crippen LogP contribution in [0.1, 0.15) is 27.2 Å². The van der Waals surface area contributed by atoms with E-state index in [0.717, 1.165) is 0 Å². The first-order chi connectivity index (χ1) is 16.9. The first kappa shape index (κ1) is 26.2. The normalized spacial score (nSPS) is 31.3. The van der Waals surface area contributed by atoms with Crippen molar-refractivity contribution < 1.29 is 29.4 Å². The van der Waals surface area contributed by atoms with Gasteiger partial charge in [-0.25, -0.2) is 4.79 Å². The molecule has 7 atom stereocenters. The smallest absolute Gasteiger partial charge is 0.353 e. The van der Waals surface area contributed by atoms with Gasteiger partial charge in [-0.3, -0.25) is 19.8 Å². The highest BCUT2D eigenvalue weighted by atomic mass is 32.2. The Morgan fingerprint density at radius 2 is 1.94 bits per heavy atom. The zero-order valence-electron chi connectivity index (χ0n) is 20.4. The van der Waals surface area contributed by atoms with E-state index in [1.54, 1.807) is 18.7 Å². The number of guanidine groups is 1. The van der Waals surface area contributed by atoms with Crippen molar-refractivity contribution in [1.82, 2.24) is 25.8 Å². The first-order valence-corrected chi connectivity index (χ1v) is 12.9. The number of thioether (sulfide) groups is 1. The summed E-state index contributed by atoms with van der Waals surface area (Å²) in [7, 11) is 0. The quantitative estimate of drug-likeness (QED) is 0.104. The average molecular weight is 524 g/mol. The van der Waals surface area contributed by atoms with E-state index in [4.69, 9.17) is 11.1 Å². The Balaban J connectivity index is 1.30. The Labute approximate surface area is 212 Å². The molecule has 3 saturated heterocycles. The number of fused-ring (bicyclic) bond motifs is 1. The fourth-order valence-electron chi connectivity index (χ4n) is 5.43. The topological polar surface area (TPSA) is 201 Å². The molecule has 36 heavy (non-hydrogen) atoms. The fraction of sp³-hybridized carbons (Fsp3) is 0.682. The van der Waals surface area contributed by atoms with Crippen LogP contribution in [0.4, 0.5) is 0 Å². The van der Waals surface area contributed by atoms with Gasteiger partial charge in [0.15, 0.2) is 5.96 Å². The van der Waals surface area contributed by atoms with Crippen LogP contribution in [-0.2, 0) is 19.2 Å². The second-order valence-electron chi connectivity index (χ2n) is 9.94. The second kappa shape index (κ2) is 9.90. The number of aliphatic hydroxyl groups is 1. The van der Waals surface area contributed by atoms with Gasteiger partial charge in [-0.1, -0.05) is 6.92 Å². The molecule has 0 unspecified atom stereocenters. The van der Waals surface area contributed by atoms with Gasteiger partial charge in [-0.2, -0.15) is 0 Å². The van der Waals surface area contributed by atoms with Gasteiger partial charge in [0.05, 0.1) is 30.1 Å². The molecule has 0 aromatic carbocycles. The van der Waals surface area contributed by atoms with Gasteiger partial charge >= 0.3 is 5.97 Å². The molecule has 13 nitrogen and oxygen atoms in total. The third kappa shape index (κ3) is 4.64. The van der Waals surface area contributed by atoms with Crippen LogP contribution in [0.2, 0.25) is 0 Å². The predicted molar refractivity (Wildman–Crippen MR) is 130 cm³/mol. The minimum absolute atomic E-state index is 0.0102. The number of hydrogen-bond donors (Lipinski definition) is 7. The van der Waals surface area contributed by atoms with Crippen molar-refractivity contribution in [2.24, 2.45) is 17.6 Å². The third-order valence-corrected chi connectivity index (χ3v) is 8.81. The highest BCUT2D eigenvalue weighted by molar-refractivity contribution is 8.03. The summed E-state index contributed by atoms with van der Waals surface area (Å²) >= 11 is 1.40. The SMILES string of the molecule is C[C@@H](NC(=N)N)C(=O)NC1CN(C(=O)[C@@H]2C[C@H](SC3=C(C(=O)O)N4C(=O)[C@H]([C@@H](C)O)[C@H]4[C@H]3C)CN2)C1. The molecule has 198 valence electrons. The maximum Gasteiger partial charge on any atom is 0.353 e. The van der Waals surface area contributed by atoms with Crippen LogP contribution in [0.3, 0.4) is 0 Å². The minimum Gasteiger partial charge on any atom is -0.477 e. The Hall–Kier alpha value is -2.84. The number of nitrogens with zero attached hydrogens (tertiary/aromatic N) is 2. The summed E-state index contributed by atoms with van der Waals surface area (Å²) in [6.45, 7) is 6.31. The zero-order valence-corrected chi connectivity index (χ0v) is 21.2. The van der Waals surface area contributed by atoms with E-state index in [9.17, 15) is 29.4 Å². The number of nitrogens with two attached hydrogens (primary N) is 1. The maximum absolute atomic E-state index is 12.9. The lowest BCUT2D eigenvalue weighted by Crippen LogP contribution is -2.65. The molecule has 4 rings (SSSR count). The lowest BCUT2D eigenvalue weighted by atomic mass is 9.79. The number of carbonyl (C=O) groups excluding carboxylic acids is 3. The van der Waals surface area contributed by atoms with Gasteiger partial charge in [0, 0.05) is 35.7 Å². The lowest BCUT2D eigenvalue weighted by Gasteiger charge is -2.46. The number of hydrogen-bond acceptors (Lipinski definition) is 8. The van der Waals surface area contributed by atoms with Crippen LogP contribution < -0.4 is 21.7 Å². The molecule has 3 fully saturated rings. The van der Waals surface area contributed by atoms with E-state index in [-0.39, 0.29) is 52.6 Å². The van der Waals surface area contributed by atoms with Crippen molar-refractivity contribution in [2.45, 2.75) is 62.7 Å². The Morgan fingerprint density at radius 3 is 2.53 bits per heavy atom. The van der Waals surface area contributed by atoms with Crippen LogP contribution >= 0.6 is 11.8 Å². The number of rotatable bonds is 8. The van der Waals surface area contributed by atoms with Crippen molar-refractivity contribution in [3.8, 4) is 0 Å². The number of carboxylic acids is 1. The van der Waals surface area contributed by atoms with E-state index >= 15 is 0 Å². The monoisotopic (exact) mass is 523 g/mol. The number of likely N-dealkylation sites (tertiary alicyclic amines) is 1. The van der Waals surface area contributed by atoms with Crippen molar-refractivity contribution in [2.75, 3.05) is 19.6 Å². The molecule has 0 aromatic rings. The lowest BCUT2D eigenvalue weighted by molar-refractivity contribution is -0.163. The summed E-state index contributed by atoms with van der Waals surface area (Å²) < 4.78 is 0. The summed E-state index contributed by atoms with van der Waals surface area (Å²) in [5.74, 6) is -3.01. The third-order valence-electron chi connectivity index (χ3n) is 7.30. The van der Waals surface area contributed by atoms with Crippen LogP contribution in [-0.4, -0.2) is 105 Å². The van der Waals surface area contributed by atoms with E-state index < -0.39 is 30.1 Å². The Kier molecular flexibility index (Phi) is 7.21. The Morgan fingerprint density at radius 1 is 1.28 bits per heavy atom.